The molecule has 0 saturated heterocycles. The number of aromatic nitrogens is 2. The van der Waals surface area contributed by atoms with Crippen LogP contribution in [0.15, 0.2) is 35.1 Å². The van der Waals surface area contributed by atoms with E-state index in [2.05, 4.69) is 10.9 Å². The highest BCUT2D eigenvalue weighted by Gasteiger charge is 2.36. The van der Waals surface area contributed by atoms with E-state index in [1.165, 1.54) is 0 Å². The third-order valence-corrected chi connectivity index (χ3v) is 6.95. The second kappa shape index (κ2) is 7.68. The minimum Gasteiger partial charge on any atom is -0.481 e. The van der Waals surface area contributed by atoms with Crippen molar-refractivity contribution >= 4 is 22.3 Å². The highest BCUT2D eigenvalue weighted by Crippen LogP contribution is 2.42. The molecule has 0 bridgehead atoms. The fourth-order valence-electron chi connectivity index (χ4n) is 2.99. The SMILES string of the molecule is C=S1CCn2c(nc(C(=O)OCC)c(OCc3ccccc3)c2=O)C1(C)C. The van der Waals surface area contributed by atoms with E-state index in [1.807, 2.05) is 44.2 Å². The van der Waals surface area contributed by atoms with Gasteiger partial charge in [0.2, 0.25) is 5.75 Å². The Morgan fingerprint density at radius 1 is 1.33 bits per heavy atom. The maximum Gasteiger partial charge on any atom is 0.361 e. The maximum absolute atomic E-state index is 13.1. The summed E-state index contributed by atoms with van der Waals surface area (Å²) in [6.07, 6.45) is 0. The van der Waals surface area contributed by atoms with Crippen LogP contribution in [0, 0.1) is 0 Å². The fourth-order valence-corrected chi connectivity index (χ4v) is 4.31. The zero-order valence-electron chi connectivity index (χ0n) is 15.9. The van der Waals surface area contributed by atoms with Gasteiger partial charge in [-0.05, 0) is 26.3 Å². The van der Waals surface area contributed by atoms with Crippen molar-refractivity contribution in [3.63, 3.8) is 0 Å². The Morgan fingerprint density at radius 3 is 2.70 bits per heavy atom. The van der Waals surface area contributed by atoms with Gasteiger partial charge in [0.05, 0.1) is 11.4 Å². The van der Waals surface area contributed by atoms with Crippen molar-refractivity contribution in [3.05, 3.63) is 57.8 Å². The van der Waals surface area contributed by atoms with Gasteiger partial charge in [0.25, 0.3) is 5.56 Å². The summed E-state index contributed by atoms with van der Waals surface area (Å²) >= 11 is 0. The summed E-state index contributed by atoms with van der Waals surface area (Å²) < 4.78 is 12.1. The standard InChI is InChI=1S/C20H24N2O4S/c1-5-25-18(24)15-16(26-13-14-9-7-6-8-10-14)17(23)22-11-12-27(4)20(2,3)19(22)21-15/h6-10H,4-5,11-13H2,1-3H3. The molecule has 1 aromatic heterocycles. The van der Waals surface area contributed by atoms with Crippen LogP contribution in [0.25, 0.3) is 0 Å². The van der Waals surface area contributed by atoms with E-state index in [0.717, 1.165) is 11.3 Å². The molecular weight excluding hydrogens is 364 g/mol. The van der Waals surface area contributed by atoms with Crippen LogP contribution in [0.1, 0.15) is 42.6 Å². The van der Waals surface area contributed by atoms with Crippen molar-refractivity contribution < 1.29 is 14.3 Å². The molecule has 0 N–H and O–H groups in total. The number of benzene rings is 1. The summed E-state index contributed by atoms with van der Waals surface area (Å²) in [4.78, 5) is 30.2. The Morgan fingerprint density at radius 2 is 2.04 bits per heavy atom. The average molecular weight is 388 g/mol. The number of hydrogen-bond donors (Lipinski definition) is 0. The molecule has 2 aromatic rings. The van der Waals surface area contributed by atoms with Crippen LogP contribution in [0.3, 0.4) is 0 Å². The molecule has 7 heteroatoms. The number of carbonyl (C=O) groups excluding carboxylic acids is 1. The number of fused-ring (bicyclic) bond motifs is 1. The highest BCUT2D eigenvalue weighted by molar-refractivity contribution is 8.14. The quantitative estimate of drug-likeness (QED) is 0.582. The monoisotopic (exact) mass is 388 g/mol. The molecule has 0 fully saturated rings. The third-order valence-electron chi connectivity index (χ3n) is 4.64. The molecule has 2 heterocycles. The Hall–Kier alpha value is -2.41. The van der Waals surface area contributed by atoms with Gasteiger partial charge in [0.15, 0.2) is 5.69 Å². The van der Waals surface area contributed by atoms with Crippen molar-refractivity contribution in [2.45, 2.75) is 38.7 Å². The Kier molecular flexibility index (Phi) is 5.51. The smallest absolute Gasteiger partial charge is 0.361 e. The predicted octanol–water partition coefficient (Wildman–Crippen LogP) is 2.95. The molecule has 0 radical (unpaired) electrons. The Balaban J connectivity index is 2.09. The van der Waals surface area contributed by atoms with Gasteiger partial charge in [-0.3, -0.25) is 9.36 Å². The van der Waals surface area contributed by atoms with Crippen LogP contribution in [0.5, 0.6) is 5.75 Å². The lowest BCUT2D eigenvalue weighted by molar-refractivity contribution is 0.0511. The third kappa shape index (κ3) is 3.69. The van der Waals surface area contributed by atoms with E-state index >= 15 is 0 Å². The summed E-state index contributed by atoms with van der Waals surface area (Å²) in [7, 11) is -0.201. The van der Waals surface area contributed by atoms with Gasteiger partial charge < -0.3 is 9.47 Å². The van der Waals surface area contributed by atoms with Gasteiger partial charge in [-0.2, -0.15) is 10.5 Å². The van der Waals surface area contributed by atoms with Gasteiger partial charge in [-0.15, -0.1) is 0 Å². The van der Waals surface area contributed by atoms with Gasteiger partial charge in [0.1, 0.15) is 12.4 Å². The first-order valence-corrected chi connectivity index (χ1v) is 10.4. The first-order chi connectivity index (χ1) is 12.9. The molecule has 1 unspecified atom stereocenters. The van der Waals surface area contributed by atoms with Crippen molar-refractivity contribution in [2.24, 2.45) is 0 Å². The van der Waals surface area contributed by atoms with Gasteiger partial charge >= 0.3 is 5.97 Å². The molecule has 1 aliphatic rings. The minimum atomic E-state index is -0.647. The topological polar surface area (TPSA) is 70.4 Å². The van der Waals surface area contributed by atoms with Crippen molar-refractivity contribution in [1.29, 1.82) is 0 Å². The number of carbonyl (C=O) groups is 1. The van der Waals surface area contributed by atoms with E-state index in [1.54, 1.807) is 11.5 Å². The molecule has 0 saturated carbocycles. The van der Waals surface area contributed by atoms with E-state index in [-0.39, 0.29) is 40.7 Å². The van der Waals surface area contributed by atoms with Gasteiger partial charge in [-0.25, -0.2) is 9.78 Å². The molecule has 144 valence electrons. The van der Waals surface area contributed by atoms with Crippen LogP contribution >= 0.6 is 10.5 Å². The number of nitrogens with zero attached hydrogens (tertiary/aromatic N) is 2. The van der Waals surface area contributed by atoms with Crippen LogP contribution in [-0.2, 0) is 22.6 Å². The molecule has 0 spiro atoms. The summed E-state index contributed by atoms with van der Waals surface area (Å²) in [5.41, 5.74) is 0.494. The summed E-state index contributed by atoms with van der Waals surface area (Å²) in [6.45, 7) is 6.60. The van der Waals surface area contributed by atoms with Crippen LogP contribution in [0.2, 0.25) is 0 Å². The Labute approximate surface area is 161 Å². The predicted molar refractivity (Wildman–Crippen MR) is 108 cm³/mol. The number of ether oxygens (including phenoxy) is 2. The van der Waals surface area contributed by atoms with Crippen LogP contribution < -0.4 is 10.3 Å². The van der Waals surface area contributed by atoms with Gasteiger partial charge in [0, 0.05) is 12.3 Å². The van der Waals surface area contributed by atoms with E-state index in [4.69, 9.17) is 9.47 Å². The van der Waals surface area contributed by atoms with Crippen molar-refractivity contribution in [2.75, 3.05) is 12.4 Å². The zero-order chi connectivity index (χ0) is 19.6. The average Bonchev–Trinajstić information content (AvgIpc) is 2.65. The van der Waals surface area contributed by atoms with Crippen LogP contribution in [0.4, 0.5) is 0 Å². The number of esters is 1. The molecule has 0 aliphatic carbocycles. The normalized spacial score (nSPS) is 17.8. The molecule has 0 amide bonds. The summed E-state index contributed by atoms with van der Waals surface area (Å²) in [5.74, 6) is 4.87. The van der Waals surface area contributed by atoms with E-state index < -0.39 is 10.7 Å². The second-order valence-corrected chi connectivity index (χ2v) is 9.19. The summed E-state index contributed by atoms with van der Waals surface area (Å²) in [6, 6.07) is 9.47. The molecule has 1 aromatic carbocycles. The molecule has 6 nitrogen and oxygen atoms in total. The second-order valence-electron chi connectivity index (χ2n) is 6.77. The van der Waals surface area contributed by atoms with E-state index in [0.29, 0.717) is 12.4 Å². The molecule has 1 aliphatic heterocycles. The lowest BCUT2D eigenvalue weighted by atomic mass is 10.1. The number of hydrogen-bond acceptors (Lipinski definition) is 5. The highest BCUT2D eigenvalue weighted by atomic mass is 32.2. The molecule has 3 rings (SSSR count). The van der Waals surface area contributed by atoms with Crippen LogP contribution in [-0.4, -0.2) is 33.8 Å². The first kappa shape index (κ1) is 19.4. The fraction of sp³-hybridized carbons (Fsp3) is 0.400. The Bertz CT molecular complexity index is 935. The zero-order valence-corrected chi connectivity index (χ0v) is 16.7. The van der Waals surface area contributed by atoms with Crippen molar-refractivity contribution in [3.8, 4) is 5.75 Å². The minimum absolute atomic E-state index is 0.0531. The number of rotatable bonds is 5. The van der Waals surface area contributed by atoms with Crippen molar-refractivity contribution in [1.82, 2.24) is 9.55 Å². The summed E-state index contributed by atoms with van der Waals surface area (Å²) in [5, 5.41) is 0. The molecular formula is C20H24N2O4S. The lowest BCUT2D eigenvalue weighted by Crippen LogP contribution is -2.39. The van der Waals surface area contributed by atoms with Gasteiger partial charge in [-0.1, -0.05) is 36.2 Å². The molecule has 27 heavy (non-hydrogen) atoms. The lowest BCUT2D eigenvalue weighted by Gasteiger charge is -2.35. The van der Waals surface area contributed by atoms with E-state index in [9.17, 15) is 9.59 Å². The first-order valence-electron chi connectivity index (χ1n) is 8.86. The molecule has 1 atom stereocenters. The maximum atomic E-state index is 13.1. The largest absolute Gasteiger partial charge is 0.481 e.